The number of piperidine rings is 1. The van der Waals surface area contributed by atoms with Crippen LogP contribution < -0.4 is 10.2 Å². The summed E-state index contributed by atoms with van der Waals surface area (Å²) >= 11 is 0. The van der Waals surface area contributed by atoms with Crippen molar-refractivity contribution in [3.8, 4) is 0 Å². The highest BCUT2D eigenvalue weighted by atomic mass is 16.4. The van der Waals surface area contributed by atoms with E-state index in [1.165, 1.54) is 0 Å². The highest BCUT2D eigenvalue weighted by Gasteiger charge is 2.23. The second-order valence-electron chi connectivity index (χ2n) is 6.14. The first-order chi connectivity index (χ1) is 11.1. The van der Waals surface area contributed by atoms with Gasteiger partial charge < -0.3 is 24.6 Å². The minimum absolute atomic E-state index is 0.127. The number of nitrogens with one attached hydrogen (secondary N) is 1. The summed E-state index contributed by atoms with van der Waals surface area (Å²) in [5.41, 5.74) is 2.08. The number of amides is 2. The average molecular weight is 318 g/mol. The monoisotopic (exact) mass is 318 g/mol. The molecule has 1 unspecified atom stereocenters. The number of aliphatic hydroxyl groups excluding tert-OH is 1. The summed E-state index contributed by atoms with van der Waals surface area (Å²) in [6.45, 7) is 1.45. The quantitative estimate of drug-likeness (QED) is 0.906. The number of aliphatic hydroxyl groups is 1. The zero-order chi connectivity index (χ0) is 16.4. The summed E-state index contributed by atoms with van der Waals surface area (Å²) in [4.78, 5) is 20.3. The van der Waals surface area contributed by atoms with E-state index in [2.05, 4.69) is 10.3 Å². The molecular formula is C16H22N4O3. The van der Waals surface area contributed by atoms with Gasteiger partial charge in [0.2, 0.25) is 0 Å². The van der Waals surface area contributed by atoms with Crippen molar-refractivity contribution in [2.45, 2.75) is 12.8 Å². The number of hydrogen-bond donors (Lipinski definition) is 2. The van der Waals surface area contributed by atoms with Crippen molar-refractivity contribution in [1.29, 1.82) is 0 Å². The molecule has 124 valence electrons. The predicted molar refractivity (Wildman–Crippen MR) is 88.7 cm³/mol. The molecule has 3 rings (SSSR count). The molecule has 1 aromatic carbocycles. The van der Waals surface area contributed by atoms with Crippen LogP contribution in [-0.2, 0) is 0 Å². The van der Waals surface area contributed by atoms with Crippen molar-refractivity contribution < 1.29 is 14.3 Å². The molecule has 1 aromatic heterocycles. The number of oxazole rings is 1. The van der Waals surface area contributed by atoms with E-state index in [-0.39, 0.29) is 18.6 Å². The van der Waals surface area contributed by atoms with E-state index in [0.29, 0.717) is 29.3 Å². The van der Waals surface area contributed by atoms with Gasteiger partial charge in [-0.1, -0.05) is 0 Å². The lowest BCUT2D eigenvalue weighted by molar-refractivity contribution is 0.136. The van der Waals surface area contributed by atoms with Crippen LogP contribution in [0.5, 0.6) is 0 Å². The maximum Gasteiger partial charge on any atom is 0.321 e. The first-order valence-corrected chi connectivity index (χ1v) is 7.81. The maximum absolute atomic E-state index is 12.4. The lowest BCUT2D eigenvalue weighted by Gasteiger charge is -2.31. The van der Waals surface area contributed by atoms with Gasteiger partial charge in [-0.05, 0) is 37.0 Å². The molecule has 1 fully saturated rings. The van der Waals surface area contributed by atoms with Crippen LogP contribution in [0.1, 0.15) is 12.8 Å². The van der Waals surface area contributed by atoms with Gasteiger partial charge in [-0.15, -0.1) is 0 Å². The lowest BCUT2D eigenvalue weighted by atomic mass is 9.99. The Labute approximate surface area is 134 Å². The zero-order valence-electron chi connectivity index (χ0n) is 13.5. The van der Waals surface area contributed by atoms with Gasteiger partial charge in [0.25, 0.3) is 6.01 Å². The summed E-state index contributed by atoms with van der Waals surface area (Å²) in [5, 5.41) is 12.2. The van der Waals surface area contributed by atoms with Crippen molar-refractivity contribution in [2.75, 3.05) is 44.0 Å². The molecule has 0 aliphatic carbocycles. The van der Waals surface area contributed by atoms with Crippen LogP contribution in [0.4, 0.5) is 16.5 Å². The smallest absolute Gasteiger partial charge is 0.321 e. The molecule has 1 saturated heterocycles. The van der Waals surface area contributed by atoms with Gasteiger partial charge in [0, 0.05) is 39.5 Å². The number of rotatable bonds is 3. The van der Waals surface area contributed by atoms with Crippen molar-refractivity contribution in [3.05, 3.63) is 18.2 Å². The van der Waals surface area contributed by atoms with Gasteiger partial charge >= 0.3 is 6.03 Å². The normalized spacial score (nSPS) is 18.2. The third kappa shape index (κ3) is 3.39. The second kappa shape index (κ2) is 6.45. The number of fused-ring (bicyclic) bond motifs is 1. The number of aromatic nitrogens is 1. The third-order valence-corrected chi connectivity index (χ3v) is 4.07. The summed E-state index contributed by atoms with van der Waals surface area (Å²) in [6.07, 6.45) is 1.89. The van der Waals surface area contributed by atoms with Crippen LogP contribution in [0.3, 0.4) is 0 Å². The van der Waals surface area contributed by atoms with Crippen molar-refractivity contribution in [3.63, 3.8) is 0 Å². The Hall–Kier alpha value is -2.28. The topological polar surface area (TPSA) is 81.8 Å². The van der Waals surface area contributed by atoms with Gasteiger partial charge in [0.15, 0.2) is 5.58 Å². The first-order valence-electron chi connectivity index (χ1n) is 7.81. The highest BCUT2D eigenvalue weighted by molar-refractivity contribution is 5.91. The van der Waals surface area contributed by atoms with Gasteiger partial charge in [0.05, 0.1) is 0 Å². The molecule has 2 heterocycles. The summed E-state index contributed by atoms with van der Waals surface area (Å²) in [5.74, 6) is 0.176. The molecule has 0 bridgehead atoms. The van der Waals surface area contributed by atoms with Crippen LogP contribution in [0, 0.1) is 5.92 Å². The van der Waals surface area contributed by atoms with Gasteiger partial charge in [-0.2, -0.15) is 4.98 Å². The number of nitrogens with zero attached hydrogens (tertiary/aromatic N) is 3. The molecule has 0 saturated carbocycles. The zero-order valence-corrected chi connectivity index (χ0v) is 13.5. The second-order valence-corrected chi connectivity index (χ2v) is 6.14. The fourth-order valence-corrected chi connectivity index (χ4v) is 2.79. The minimum atomic E-state index is -0.140. The van der Waals surface area contributed by atoms with E-state index in [9.17, 15) is 9.90 Å². The first kappa shape index (κ1) is 15.6. The van der Waals surface area contributed by atoms with E-state index < -0.39 is 0 Å². The van der Waals surface area contributed by atoms with Crippen LogP contribution >= 0.6 is 0 Å². The molecule has 23 heavy (non-hydrogen) atoms. The Kier molecular flexibility index (Phi) is 4.38. The summed E-state index contributed by atoms with van der Waals surface area (Å²) in [7, 11) is 3.72. The minimum Gasteiger partial charge on any atom is -0.423 e. The molecule has 0 spiro atoms. The number of benzene rings is 1. The molecule has 1 aliphatic rings. The summed E-state index contributed by atoms with van der Waals surface area (Å²) in [6, 6.07) is 5.80. The molecule has 7 heteroatoms. The Morgan fingerprint density at radius 2 is 2.35 bits per heavy atom. The van der Waals surface area contributed by atoms with E-state index in [1.54, 1.807) is 28.0 Å². The Morgan fingerprint density at radius 1 is 1.52 bits per heavy atom. The molecule has 0 radical (unpaired) electrons. The van der Waals surface area contributed by atoms with Crippen molar-refractivity contribution >= 4 is 28.8 Å². The molecule has 1 aliphatic heterocycles. The molecule has 2 amide bonds. The fourth-order valence-electron chi connectivity index (χ4n) is 2.79. The molecule has 7 nitrogen and oxygen atoms in total. The van der Waals surface area contributed by atoms with Gasteiger partial charge in [0.1, 0.15) is 5.52 Å². The molecule has 2 aromatic rings. The van der Waals surface area contributed by atoms with Gasteiger partial charge in [-0.25, -0.2) is 4.79 Å². The largest absolute Gasteiger partial charge is 0.423 e. The number of carbonyl (C=O) groups excluding carboxylic acids is 1. The van der Waals surface area contributed by atoms with E-state index in [1.807, 2.05) is 14.1 Å². The fraction of sp³-hybridized carbons (Fsp3) is 0.500. The van der Waals surface area contributed by atoms with Gasteiger partial charge in [-0.3, -0.25) is 0 Å². The SMILES string of the molecule is CN(C)c1nc2cc(NC(=O)N3CCCC(CO)C3)ccc2o1. The van der Waals surface area contributed by atoms with Crippen LogP contribution in [-0.4, -0.2) is 54.8 Å². The lowest BCUT2D eigenvalue weighted by Crippen LogP contribution is -2.43. The number of hydrogen-bond acceptors (Lipinski definition) is 5. The number of likely N-dealkylation sites (tertiary alicyclic amines) is 1. The third-order valence-electron chi connectivity index (χ3n) is 4.07. The number of anilines is 2. The van der Waals surface area contributed by atoms with Crippen LogP contribution in [0.2, 0.25) is 0 Å². The molecule has 1 atom stereocenters. The van der Waals surface area contributed by atoms with E-state index >= 15 is 0 Å². The van der Waals surface area contributed by atoms with Crippen molar-refractivity contribution in [1.82, 2.24) is 9.88 Å². The highest BCUT2D eigenvalue weighted by Crippen LogP contribution is 2.24. The number of carbonyl (C=O) groups is 1. The maximum atomic E-state index is 12.4. The Bertz CT molecular complexity index is 698. The summed E-state index contributed by atoms with van der Waals surface area (Å²) < 4.78 is 5.60. The Balaban J connectivity index is 1.71. The molecular weight excluding hydrogens is 296 g/mol. The Morgan fingerprint density at radius 3 is 3.09 bits per heavy atom. The van der Waals surface area contributed by atoms with Crippen LogP contribution in [0.25, 0.3) is 11.1 Å². The number of urea groups is 1. The van der Waals surface area contributed by atoms with E-state index in [4.69, 9.17) is 4.42 Å². The predicted octanol–water partition coefficient (Wildman–Crippen LogP) is 2.13. The molecule has 2 N–H and O–H groups in total. The van der Waals surface area contributed by atoms with Crippen LogP contribution in [0.15, 0.2) is 22.6 Å². The van der Waals surface area contributed by atoms with E-state index in [0.717, 1.165) is 19.4 Å². The van der Waals surface area contributed by atoms with Crippen molar-refractivity contribution in [2.24, 2.45) is 5.92 Å². The standard InChI is InChI=1S/C16H22N4O3/c1-19(2)16-18-13-8-12(5-6-14(13)23-16)17-15(22)20-7-3-4-11(9-20)10-21/h5-6,8,11,21H,3-4,7,9-10H2,1-2H3,(H,17,22). The average Bonchev–Trinajstić information content (AvgIpc) is 2.98.